The summed E-state index contributed by atoms with van der Waals surface area (Å²) in [4.78, 5) is 31.2. The van der Waals surface area contributed by atoms with Gasteiger partial charge in [0, 0.05) is 11.8 Å². The first-order valence-electron chi connectivity index (χ1n) is 21.4. The van der Waals surface area contributed by atoms with Crippen LogP contribution in [0.25, 0.3) is 32.3 Å². The number of rotatable bonds is 14. The van der Waals surface area contributed by atoms with E-state index < -0.39 is 41.7 Å². The van der Waals surface area contributed by atoms with Crippen LogP contribution in [0, 0.1) is 0 Å². The summed E-state index contributed by atoms with van der Waals surface area (Å²) in [5.74, 6) is 1.01. The Hall–Kier alpha value is -7.41. The van der Waals surface area contributed by atoms with E-state index in [0.717, 1.165) is 49.2 Å². The van der Waals surface area contributed by atoms with Gasteiger partial charge in [-0.05, 0) is 97.0 Å². The maximum atomic E-state index is 14.0. The van der Waals surface area contributed by atoms with E-state index >= 15 is 0 Å². The van der Waals surface area contributed by atoms with Crippen molar-refractivity contribution in [2.75, 3.05) is 26.1 Å². The molecule has 324 valence electrons. The number of benzene rings is 8. The second-order valence-corrected chi connectivity index (χ2v) is 16.1. The molecule has 0 aliphatic carbocycles. The number of carbonyl (C=O) groups excluding carboxylic acids is 1. The minimum atomic E-state index is -1.27. The predicted molar refractivity (Wildman–Crippen MR) is 250 cm³/mol. The fraction of sp³-hybridized carbons (Fsp3) is 0.167. The lowest BCUT2D eigenvalue weighted by molar-refractivity contribution is -0.0990. The lowest BCUT2D eigenvalue weighted by atomic mass is 9.80. The van der Waals surface area contributed by atoms with Crippen LogP contribution in [0.3, 0.4) is 0 Å². The van der Waals surface area contributed by atoms with Crippen LogP contribution in [0.5, 0.6) is 11.5 Å². The zero-order valence-corrected chi connectivity index (χ0v) is 35.7. The van der Waals surface area contributed by atoms with E-state index in [1.807, 2.05) is 91.0 Å². The number of hydrogen-bond donors (Lipinski definition) is 2. The molecular formula is C54H45N3O8. The molecule has 1 aromatic heterocycles. The Kier molecular flexibility index (Phi) is 11.3. The Morgan fingerprint density at radius 3 is 1.91 bits per heavy atom. The molecule has 1 aliphatic rings. The SMILES string of the molecule is COc1ccc(C(OC[C@H]2O[C@@H](n3ccc(NC(=O)c4ccccc4)nc3=O)[C@H](OCc3ccc4ccc5cccc6ccc3c4c56)[C@@H]2O)(c2ccccc2)c2ccc(OC)cc2)cc1. The van der Waals surface area contributed by atoms with Crippen molar-refractivity contribution in [2.24, 2.45) is 0 Å². The molecule has 0 bridgehead atoms. The van der Waals surface area contributed by atoms with Gasteiger partial charge in [0.05, 0.1) is 27.4 Å². The molecule has 1 fully saturated rings. The number of hydrogen-bond acceptors (Lipinski definition) is 9. The highest BCUT2D eigenvalue weighted by Crippen LogP contribution is 2.44. The van der Waals surface area contributed by atoms with Crippen LogP contribution in [-0.4, -0.2) is 59.7 Å². The fourth-order valence-corrected chi connectivity index (χ4v) is 9.10. The first-order valence-corrected chi connectivity index (χ1v) is 21.4. The molecule has 2 N–H and O–H groups in total. The Bertz CT molecular complexity index is 3100. The summed E-state index contributed by atoms with van der Waals surface area (Å²) in [6, 6.07) is 54.3. The molecule has 11 nitrogen and oxygen atoms in total. The standard InChI is InChI=1S/C54H45N3O8/c1-61-42-25-21-40(22-26-42)54(39-14-7-4-8-15-39,41-23-27-43(62-2)28-24-41)64-33-45-49(58)50(52(65-45)57-31-30-46(56-53(57)60)55-51(59)37-10-5-3-6-11-37)63-32-38-19-18-36-17-16-34-12-9-13-35-20-29-44(38)48(36)47(34)35/h3-31,45,49-50,52,58H,32-33H2,1-2H3,(H,55,56,59,60)/t45-,49-,50-,52-/m1/s1. The van der Waals surface area contributed by atoms with E-state index in [1.54, 1.807) is 38.5 Å². The van der Waals surface area contributed by atoms with Crippen molar-refractivity contribution >= 4 is 44.0 Å². The minimum absolute atomic E-state index is 0.0660. The molecule has 1 amide bonds. The molecule has 1 saturated heterocycles. The second-order valence-electron chi connectivity index (χ2n) is 16.1. The van der Waals surface area contributed by atoms with Crippen molar-refractivity contribution in [3.8, 4) is 11.5 Å². The van der Waals surface area contributed by atoms with Gasteiger partial charge in [0.15, 0.2) is 6.23 Å². The lowest BCUT2D eigenvalue weighted by Crippen LogP contribution is -2.40. The van der Waals surface area contributed by atoms with E-state index in [-0.39, 0.29) is 19.0 Å². The molecule has 10 rings (SSSR count). The van der Waals surface area contributed by atoms with Crippen molar-refractivity contribution in [3.63, 3.8) is 0 Å². The molecule has 11 heteroatoms. The number of amides is 1. The molecule has 9 aromatic rings. The Morgan fingerprint density at radius 2 is 1.28 bits per heavy atom. The van der Waals surface area contributed by atoms with E-state index in [1.165, 1.54) is 22.2 Å². The summed E-state index contributed by atoms with van der Waals surface area (Å²) in [5.41, 5.74) is 1.84. The Balaban J connectivity index is 1.01. The molecule has 8 aromatic carbocycles. The monoisotopic (exact) mass is 863 g/mol. The second kappa shape index (κ2) is 17.6. The van der Waals surface area contributed by atoms with E-state index in [0.29, 0.717) is 17.1 Å². The number of methoxy groups -OCH3 is 2. The third kappa shape index (κ3) is 7.74. The summed E-state index contributed by atoms with van der Waals surface area (Å²) in [6.45, 7) is -0.0288. The Morgan fingerprint density at radius 1 is 0.692 bits per heavy atom. The first kappa shape index (κ1) is 41.6. The van der Waals surface area contributed by atoms with Gasteiger partial charge in [-0.2, -0.15) is 4.98 Å². The maximum Gasteiger partial charge on any atom is 0.351 e. The number of nitrogens with one attached hydrogen (secondary N) is 1. The fourth-order valence-electron chi connectivity index (χ4n) is 9.10. The molecule has 4 atom stereocenters. The highest BCUT2D eigenvalue weighted by Gasteiger charge is 2.48. The molecule has 0 spiro atoms. The number of ether oxygens (including phenoxy) is 5. The summed E-state index contributed by atoms with van der Waals surface area (Å²) in [7, 11) is 3.24. The molecule has 1 aliphatic heterocycles. The average molecular weight is 864 g/mol. The summed E-state index contributed by atoms with van der Waals surface area (Å²) >= 11 is 0. The van der Waals surface area contributed by atoms with Gasteiger partial charge in [0.25, 0.3) is 5.91 Å². The van der Waals surface area contributed by atoms with Crippen LogP contribution in [0.1, 0.15) is 38.8 Å². The van der Waals surface area contributed by atoms with Gasteiger partial charge < -0.3 is 34.1 Å². The van der Waals surface area contributed by atoms with Crippen molar-refractivity contribution in [3.05, 3.63) is 214 Å². The van der Waals surface area contributed by atoms with E-state index in [4.69, 9.17) is 23.7 Å². The number of aliphatic hydroxyl groups excluding tert-OH is 1. The van der Waals surface area contributed by atoms with Gasteiger partial charge >= 0.3 is 5.69 Å². The molecule has 0 radical (unpaired) electrons. The van der Waals surface area contributed by atoms with Gasteiger partial charge in [-0.1, -0.05) is 127 Å². The molecule has 65 heavy (non-hydrogen) atoms. The number of carbonyl (C=O) groups is 1. The van der Waals surface area contributed by atoms with Crippen LogP contribution in [-0.2, 0) is 26.4 Å². The normalized spacial score (nSPS) is 17.5. The minimum Gasteiger partial charge on any atom is -0.497 e. The maximum absolute atomic E-state index is 14.0. The van der Waals surface area contributed by atoms with Crippen molar-refractivity contribution in [1.82, 2.24) is 9.55 Å². The predicted octanol–water partition coefficient (Wildman–Crippen LogP) is 9.26. The molecule has 0 unspecified atom stereocenters. The smallest absolute Gasteiger partial charge is 0.351 e. The molecule has 0 saturated carbocycles. The number of anilines is 1. The lowest BCUT2D eigenvalue weighted by Gasteiger charge is -2.37. The van der Waals surface area contributed by atoms with Crippen LogP contribution >= 0.6 is 0 Å². The summed E-state index contributed by atoms with van der Waals surface area (Å²) < 4.78 is 32.9. The zero-order chi connectivity index (χ0) is 44.5. The van der Waals surface area contributed by atoms with Crippen molar-refractivity contribution < 1.29 is 33.6 Å². The van der Waals surface area contributed by atoms with Crippen molar-refractivity contribution in [1.29, 1.82) is 0 Å². The zero-order valence-electron chi connectivity index (χ0n) is 35.7. The van der Waals surface area contributed by atoms with Gasteiger partial charge in [-0.3, -0.25) is 9.36 Å². The van der Waals surface area contributed by atoms with Gasteiger partial charge in [0.2, 0.25) is 0 Å². The van der Waals surface area contributed by atoms with Crippen LogP contribution in [0.4, 0.5) is 5.82 Å². The molecule has 2 heterocycles. The third-order valence-electron chi connectivity index (χ3n) is 12.4. The number of aromatic nitrogens is 2. The van der Waals surface area contributed by atoms with E-state index in [2.05, 4.69) is 58.8 Å². The highest BCUT2D eigenvalue weighted by atomic mass is 16.6. The van der Waals surface area contributed by atoms with Crippen LogP contribution < -0.4 is 20.5 Å². The van der Waals surface area contributed by atoms with Crippen molar-refractivity contribution in [2.45, 2.75) is 36.7 Å². The van der Waals surface area contributed by atoms with Gasteiger partial charge in [0.1, 0.15) is 41.2 Å². The van der Waals surface area contributed by atoms with E-state index in [9.17, 15) is 14.7 Å². The summed E-state index contributed by atoms with van der Waals surface area (Å²) in [5, 5.41) is 21.8. The number of aliphatic hydroxyl groups is 1. The summed E-state index contributed by atoms with van der Waals surface area (Å²) in [6.07, 6.45) is -2.96. The average Bonchev–Trinajstić information content (AvgIpc) is 3.67. The largest absolute Gasteiger partial charge is 0.497 e. The van der Waals surface area contributed by atoms with Crippen LogP contribution in [0.15, 0.2) is 181 Å². The third-order valence-corrected chi connectivity index (χ3v) is 12.4. The molecular weight excluding hydrogens is 819 g/mol. The number of nitrogens with zero attached hydrogens (tertiary/aromatic N) is 2. The van der Waals surface area contributed by atoms with Gasteiger partial charge in [-0.25, -0.2) is 4.79 Å². The quantitative estimate of drug-likeness (QED) is 0.0812. The highest BCUT2D eigenvalue weighted by molar-refractivity contribution is 6.23. The van der Waals surface area contributed by atoms with Gasteiger partial charge in [-0.15, -0.1) is 0 Å². The first-order chi connectivity index (χ1) is 31.8. The topological polar surface area (TPSA) is 130 Å². The van der Waals surface area contributed by atoms with Crippen LogP contribution in [0.2, 0.25) is 0 Å². The Labute approximate surface area is 374 Å².